The van der Waals surface area contributed by atoms with Gasteiger partial charge in [-0.25, -0.2) is 4.79 Å². The van der Waals surface area contributed by atoms with Crippen LogP contribution in [-0.2, 0) is 6.42 Å². The molecule has 0 saturated heterocycles. The lowest BCUT2D eigenvalue weighted by Gasteiger charge is -2.30. The molecule has 1 aliphatic carbocycles. The molecule has 2 atom stereocenters. The second-order valence-electron chi connectivity index (χ2n) is 6.72. The molecule has 3 N–H and O–H groups in total. The Kier molecular flexibility index (Phi) is 5.88. The highest BCUT2D eigenvalue weighted by Gasteiger charge is 2.39. The quantitative estimate of drug-likeness (QED) is 0.754. The lowest BCUT2D eigenvalue weighted by Crippen LogP contribution is -2.48. The molecule has 2 amide bonds. The molecule has 128 valence electrons. The topological polar surface area (TPSA) is 70.6 Å². The summed E-state index contributed by atoms with van der Waals surface area (Å²) in [6.07, 6.45) is 3.65. The number of aryl methyl sites for hydroxylation is 1. The van der Waals surface area contributed by atoms with Crippen LogP contribution in [0.5, 0.6) is 5.75 Å². The van der Waals surface area contributed by atoms with Gasteiger partial charge < -0.3 is 20.5 Å². The van der Waals surface area contributed by atoms with Crippen molar-refractivity contribution >= 4 is 6.03 Å². The SMILES string of the molecule is COc1ccc(C)cc1CCNC(=O)NC1CCCC1(C)CO. The molecule has 0 aliphatic heterocycles. The molecule has 0 aromatic heterocycles. The van der Waals surface area contributed by atoms with E-state index in [1.165, 1.54) is 5.56 Å². The molecule has 2 rings (SSSR count). The zero-order valence-corrected chi connectivity index (χ0v) is 14.3. The Labute approximate surface area is 138 Å². The maximum Gasteiger partial charge on any atom is 0.315 e. The zero-order valence-electron chi connectivity index (χ0n) is 14.3. The number of hydrogen-bond acceptors (Lipinski definition) is 3. The van der Waals surface area contributed by atoms with Crippen LogP contribution in [0.4, 0.5) is 4.79 Å². The summed E-state index contributed by atoms with van der Waals surface area (Å²) in [7, 11) is 1.66. The van der Waals surface area contributed by atoms with Gasteiger partial charge in [-0.2, -0.15) is 0 Å². The summed E-state index contributed by atoms with van der Waals surface area (Å²) in [5, 5.41) is 15.4. The molecule has 1 fully saturated rings. The highest BCUT2D eigenvalue weighted by molar-refractivity contribution is 5.74. The van der Waals surface area contributed by atoms with Crippen molar-refractivity contribution in [2.45, 2.75) is 45.6 Å². The number of hydrogen-bond donors (Lipinski definition) is 3. The van der Waals surface area contributed by atoms with Gasteiger partial charge in [0.1, 0.15) is 5.75 Å². The number of urea groups is 1. The van der Waals surface area contributed by atoms with Gasteiger partial charge in [0, 0.05) is 18.0 Å². The van der Waals surface area contributed by atoms with Crippen molar-refractivity contribution in [3.63, 3.8) is 0 Å². The number of amides is 2. The third-order valence-corrected chi connectivity index (χ3v) is 4.86. The fourth-order valence-electron chi connectivity index (χ4n) is 3.29. The highest BCUT2D eigenvalue weighted by atomic mass is 16.5. The van der Waals surface area contributed by atoms with E-state index in [-0.39, 0.29) is 24.1 Å². The van der Waals surface area contributed by atoms with Gasteiger partial charge in [0.25, 0.3) is 0 Å². The van der Waals surface area contributed by atoms with Crippen LogP contribution in [0.15, 0.2) is 18.2 Å². The Morgan fingerprint density at radius 3 is 2.96 bits per heavy atom. The van der Waals surface area contributed by atoms with E-state index in [0.717, 1.165) is 37.0 Å². The molecular weight excluding hydrogens is 292 g/mol. The van der Waals surface area contributed by atoms with Gasteiger partial charge in [0.15, 0.2) is 0 Å². The summed E-state index contributed by atoms with van der Waals surface area (Å²) in [6.45, 7) is 4.73. The standard InChI is InChI=1S/C18H28N2O3/c1-13-6-7-15(23-3)14(11-13)8-10-19-17(22)20-16-5-4-9-18(16,2)12-21/h6-7,11,16,21H,4-5,8-10,12H2,1-3H3,(H2,19,20,22). The minimum Gasteiger partial charge on any atom is -0.496 e. The minimum absolute atomic E-state index is 0.0426. The number of carbonyl (C=O) groups excluding carboxylic acids is 1. The summed E-state index contributed by atoms with van der Waals surface area (Å²) < 4.78 is 5.35. The van der Waals surface area contributed by atoms with Crippen LogP contribution in [-0.4, -0.2) is 37.4 Å². The fraction of sp³-hybridized carbons (Fsp3) is 0.611. The zero-order chi connectivity index (χ0) is 16.9. The molecule has 5 nitrogen and oxygen atoms in total. The molecule has 5 heteroatoms. The Balaban J connectivity index is 1.82. The molecule has 2 unspecified atom stereocenters. The van der Waals surface area contributed by atoms with Crippen molar-refractivity contribution in [1.82, 2.24) is 10.6 Å². The van der Waals surface area contributed by atoms with E-state index in [1.54, 1.807) is 7.11 Å². The summed E-state index contributed by atoms with van der Waals surface area (Å²) in [5.74, 6) is 0.849. The highest BCUT2D eigenvalue weighted by Crippen LogP contribution is 2.37. The van der Waals surface area contributed by atoms with E-state index in [9.17, 15) is 9.90 Å². The van der Waals surface area contributed by atoms with Crippen molar-refractivity contribution in [3.05, 3.63) is 29.3 Å². The fourth-order valence-corrected chi connectivity index (χ4v) is 3.29. The van der Waals surface area contributed by atoms with Gasteiger partial charge in [-0.05, 0) is 37.8 Å². The molecule has 1 aromatic rings. The predicted octanol–water partition coefficient (Wildman–Crippen LogP) is 2.40. The Morgan fingerprint density at radius 2 is 2.26 bits per heavy atom. The monoisotopic (exact) mass is 320 g/mol. The van der Waals surface area contributed by atoms with Gasteiger partial charge in [-0.3, -0.25) is 0 Å². The molecule has 1 aliphatic rings. The van der Waals surface area contributed by atoms with Crippen LogP contribution in [0, 0.1) is 12.3 Å². The molecule has 0 heterocycles. The van der Waals surface area contributed by atoms with Crippen molar-refractivity contribution in [1.29, 1.82) is 0 Å². The van der Waals surface area contributed by atoms with Gasteiger partial charge in [0.05, 0.1) is 13.7 Å². The summed E-state index contributed by atoms with van der Waals surface area (Å²) in [5.41, 5.74) is 2.07. The molecule has 0 spiro atoms. The largest absolute Gasteiger partial charge is 0.496 e. The molecule has 0 bridgehead atoms. The van der Waals surface area contributed by atoms with Gasteiger partial charge in [-0.15, -0.1) is 0 Å². The third-order valence-electron chi connectivity index (χ3n) is 4.86. The van der Waals surface area contributed by atoms with Gasteiger partial charge in [0.2, 0.25) is 0 Å². The normalized spacial score (nSPS) is 23.6. The maximum atomic E-state index is 12.1. The first kappa shape index (κ1) is 17.6. The lowest BCUT2D eigenvalue weighted by molar-refractivity contribution is 0.121. The molecule has 1 saturated carbocycles. The van der Waals surface area contributed by atoms with Crippen molar-refractivity contribution in [2.75, 3.05) is 20.3 Å². The van der Waals surface area contributed by atoms with Crippen LogP contribution < -0.4 is 15.4 Å². The van der Waals surface area contributed by atoms with Crippen molar-refractivity contribution < 1.29 is 14.6 Å². The second kappa shape index (κ2) is 7.68. The van der Waals surface area contributed by atoms with Crippen LogP contribution in [0.3, 0.4) is 0 Å². The van der Waals surface area contributed by atoms with Crippen molar-refractivity contribution in [2.24, 2.45) is 5.41 Å². The lowest BCUT2D eigenvalue weighted by atomic mass is 9.86. The number of nitrogens with one attached hydrogen (secondary N) is 2. The molecular formula is C18H28N2O3. The number of carbonyl (C=O) groups is 1. The van der Waals surface area contributed by atoms with Gasteiger partial charge >= 0.3 is 6.03 Å². The Morgan fingerprint density at radius 1 is 1.48 bits per heavy atom. The van der Waals surface area contributed by atoms with Crippen molar-refractivity contribution in [3.8, 4) is 5.75 Å². The predicted molar refractivity (Wildman–Crippen MR) is 90.8 cm³/mol. The average Bonchev–Trinajstić information content (AvgIpc) is 2.89. The summed E-state index contributed by atoms with van der Waals surface area (Å²) in [6, 6.07) is 5.93. The smallest absolute Gasteiger partial charge is 0.315 e. The van der Waals surface area contributed by atoms with Crippen LogP contribution in [0.25, 0.3) is 0 Å². The molecule has 0 radical (unpaired) electrons. The number of rotatable bonds is 6. The Bertz CT molecular complexity index is 547. The number of ether oxygens (including phenoxy) is 1. The Hall–Kier alpha value is -1.75. The van der Waals surface area contributed by atoms with E-state index in [1.807, 2.05) is 26.0 Å². The average molecular weight is 320 g/mol. The maximum absolute atomic E-state index is 12.1. The second-order valence-corrected chi connectivity index (χ2v) is 6.72. The molecule has 1 aromatic carbocycles. The van der Waals surface area contributed by atoms with Gasteiger partial charge in [-0.1, -0.05) is 31.0 Å². The third kappa shape index (κ3) is 4.38. The summed E-state index contributed by atoms with van der Waals surface area (Å²) in [4.78, 5) is 12.1. The van der Waals surface area contributed by atoms with Crippen LogP contribution in [0.1, 0.15) is 37.3 Å². The van der Waals surface area contributed by atoms with E-state index < -0.39 is 0 Å². The first-order valence-corrected chi connectivity index (χ1v) is 8.27. The first-order valence-electron chi connectivity index (χ1n) is 8.27. The van der Waals surface area contributed by atoms with E-state index in [4.69, 9.17) is 4.74 Å². The minimum atomic E-state index is -0.197. The number of aliphatic hydroxyl groups excluding tert-OH is 1. The van der Waals surface area contributed by atoms with Crippen LogP contribution >= 0.6 is 0 Å². The van der Waals surface area contributed by atoms with E-state index in [0.29, 0.717) is 6.54 Å². The molecule has 23 heavy (non-hydrogen) atoms. The van der Waals surface area contributed by atoms with E-state index >= 15 is 0 Å². The summed E-state index contributed by atoms with van der Waals surface area (Å²) >= 11 is 0. The van der Waals surface area contributed by atoms with Crippen LogP contribution in [0.2, 0.25) is 0 Å². The van der Waals surface area contributed by atoms with E-state index in [2.05, 4.69) is 16.7 Å². The number of benzene rings is 1. The number of methoxy groups -OCH3 is 1. The number of aliphatic hydroxyl groups is 1. The first-order chi connectivity index (χ1) is 11.0.